The molecule has 0 unspecified atom stereocenters. The predicted molar refractivity (Wildman–Crippen MR) is 242 cm³/mol. The van der Waals surface area contributed by atoms with Crippen LogP contribution in [-0.2, 0) is 28.4 Å². The molecule has 4 saturated heterocycles. The summed E-state index contributed by atoms with van der Waals surface area (Å²) in [5, 5.41) is 6.08. The molecular formula is C43H56N14O11. The first-order chi connectivity index (χ1) is 32.7. The van der Waals surface area contributed by atoms with Crippen molar-refractivity contribution in [1.82, 2.24) is 39.9 Å². The molecule has 4 aromatic heterocycles. The molecule has 10 rings (SSSR count). The molecule has 4 bridgehead atoms. The fraction of sp³-hybridized carbons (Fsp3) is 0.558. The topological polar surface area (TPSA) is 288 Å². The highest BCUT2D eigenvalue weighted by Crippen LogP contribution is 2.38. The van der Waals surface area contributed by atoms with E-state index in [2.05, 4.69) is 65.0 Å². The molecule has 6 aliphatic heterocycles. The highest BCUT2D eigenvalue weighted by Gasteiger charge is 2.40. The summed E-state index contributed by atoms with van der Waals surface area (Å²) < 4.78 is 42.8. The summed E-state index contributed by atoms with van der Waals surface area (Å²) in [6.45, 7) is 12.5. The first-order valence-corrected chi connectivity index (χ1v) is 22.2. The van der Waals surface area contributed by atoms with Crippen LogP contribution < -0.4 is 40.5 Å². The summed E-state index contributed by atoms with van der Waals surface area (Å²) in [6, 6.07) is 3.09. The number of hydrogen-bond donors (Lipinski definition) is 3. The van der Waals surface area contributed by atoms with Gasteiger partial charge in [0.2, 0.25) is 35.3 Å². The minimum Gasteiger partial charge on any atom is -0.475 e. The number of piperidine rings is 2. The number of carbonyl (C=O) groups is 3. The van der Waals surface area contributed by atoms with Crippen molar-refractivity contribution in [3.05, 3.63) is 48.6 Å². The van der Waals surface area contributed by atoms with Crippen molar-refractivity contribution in [2.24, 2.45) is 0 Å². The zero-order valence-electron chi connectivity index (χ0n) is 38.7. The van der Waals surface area contributed by atoms with Crippen LogP contribution in [0.4, 0.5) is 39.7 Å². The number of nitrogens with zero attached hydrogens (tertiary/aromatic N) is 11. The molecule has 4 fully saturated rings. The maximum atomic E-state index is 13.4. The number of carbonyl (C=O) groups excluding carboxylic acids is 3. The van der Waals surface area contributed by atoms with E-state index in [4.69, 9.17) is 38.9 Å². The van der Waals surface area contributed by atoms with Crippen molar-refractivity contribution >= 4 is 52.9 Å². The molecule has 68 heavy (non-hydrogen) atoms. The van der Waals surface area contributed by atoms with Crippen molar-refractivity contribution in [2.45, 2.75) is 89.2 Å². The number of nitrogens with one attached hydrogen (secondary N) is 2. The molecule has 25 nitrogen and oxygen atoms in total. The van der Waals surface area contributed by atoms with Crippen LogP contribution in [0.15, 0.2) is 36.9 Å². The third-order valence-corrected chi connectivity index (χ3v) is 11.4. The molecule has 0 radical (unpaired) electrons. The van der Waals surface area contributed by atoms with Gasteiger partial charge in [-0.2, -0.15) is 9.97 Å². The van der Waals surface area contributed by atoms with Gasteiger partial charge in [-0.25, -0.2) is 44.3 Å². The normalized spacial score (nSPS) is 22.4. The number of methoxy groups -OCH3 is 2. The quantitative estimate of drug-likeness (QED) is 0.203. The molecule has 2 amide bonds. The molecule has 6 aliphatic rings. The summed E-state index contributed by atoms with van der Waals surface area (Å²) in [6.07, 6.45) is 10.0. The number of aromatic nitrogens is 8. The van der Waals surface area contributed by atoms with E-state index < -0.39 is 29.5 Å². The van der Waals surface area contributed by atoms with Crippen LogP contribution >= 0.6 is 0 Å². The van der Waals surface area contributed by atoms with Gasteiger partial charge >= 0.3 is 18.0 Å². The average Bonchev–Trinajstić information content (AvgIpc) is 3.88. The summed E-state index contributed by atoms with van der Waals surface area (Å²) in [7, 11) is 2.59. The zero-order valence-corrected chi connectivity index (χ0v) is 38.7. The summed E-state index contributed by atoms with van der Waals surface area (Å²) in [4.78, 5) is 75.6. The SMILES string of the molecule is CC1(C)OC[C@@H](COc2ccnc(N)n2)O1.COC(=O)c1ncc2c(n1)N(C(=O)Nc1nccc(OC[C@@H]3COC(C)(C)O3)n1)[C@H]1CCCN2C1.COC(=O)c1ncc2c(n1)N[C@H]1CCCN2C1. The Labute approximate surface area is 391 Å². The molecule has 10 heterocycles. The smallest absolute Gasteiger partial charge is 0.376 e. The van der Waals surface area contributed by atoms with Gasteiger partial charge in [0.15, 0.2) is 23.2 Å². The number of amides is 2. The third kappa shape index (κ3) is 11.6. The molecule has 4 N–H and O–H groups in total. The van der Waals surface area contributed by atoms with Crippen LogP contribution in [0.2, 0.25) is 0 Å². The number of ether oxygens (including phenoxy) is 8. The van der Waals surface area contributed by atoms with Gasteiger partial charge in [-0.1, -0.05) is 0 Å². The van der Waals surface area contributed by atoms with Crippen LogP contribution in [0, 0.1) is 0 Å². The zero-order chi connectivity index (χ0) is 48.0. The van der Waals surface area contributed by atoms with Gasteiger partial charge in [0.1, 0.15) is 25.4 Å². The summed E-state index contributed by atoms with van der Waals surface area (Å²) >= 11 is 0. The Bertz CT molecular complexity index is 2450. The lowest BCUT2D eigenvalue weighted by molar-refractivity contribution is -0.142. The minimum absolute atomic E-state index is 0.0776. The molecule has 4 aromatic rings. The third-order valence-electron chi connectivity index (χ3n) is 11.4. The van der Waals surface area contributed by atoms with Crippen LogP contribution in [0.3, 0.4) is 0 Å². The Morgan fingerprint density at radius 1 is 0.765 bits per heavy atom. The van der Waals surface area contributed by atoms with Gasteiger partial charge in [0, 0.05) is 56.7 Å². The number of nitrogens with two attached hydrogens (primary N) is 1. The highest BCUT2D eigenvalue weighted by atomic mass is 16.8. The number of fused-ring (bicyclic) bond motifs is 8. The van der Waals surface area contributed by atoms with Crippen LogP contribution in [-0.4, -0.2) is 161 Å². The van der Waals surface area contributed by atoms with E-state index >= 15 is 0 Å². The Kier molecular flexibility index (Phi) is 14.4. The average molecular weight is 945 g/mol. The van der Waals surface area contributed by atoms with Gasteiger partial charge in [0.25, 0.3) is 0 Å². The van der Waals surface area contributed by atoms with Crippen molar-refractivity contribution in [1.29, 1.82) is 0 Å². The van der Waals surface area contributed by atoms with Crippen LogP contribution in [0.1, 0.15) is 74.6 Å². The summed E-state index contributed by atoms with van der Waals surface area (Å²) in [5.41, 5.74) is 7.09. The Hall–Kier alpha value is -6.83. The number of hydrogen-bond acceptors (Lipinski definition) is 23. The minimum atomic E-state index is -0.674. The predicted octanol–water partition coefficient (Wildman–Crippen LogP) is 2.85. The fourth-order valence-electron chi connectivity index (χ4n) is 8.31. The fourth-order valence-corrected chi connectivity index (χ4v) is 8.31. The van der Waals surface area contributed by atoms with E-state index in [1.54, 1.807) is 35.6 Å². The summed E-state index contributed by atoms with van der Waals surface area (Å²) in [5.74, 6) is -0.236. The first-order valence-electron chi connectivity index (χ1n) is 22.2. The monoisotopic (exact) mass is 944 g/mol. The van der Waals surface area contributed by atoms with Crippen molar-refractivity contribution in [3.8, 4) is 11.8 Å². The van der Waals surface area contributed by atoms with Gasteiger partial charge in [-0.05, 0) is 53.4 Å². The molecular weight excluding hydrogens is 889 g/mol. The number of urea groups is 1. The molecule has 4 atom stereocenters. The Morgan fingerprint density at radius 3 is 1.97 bits per heavy atom. The van der Waals surface area contributed by atoms with Gasteiger partial charge < -0.3 is 58.7 Å². The Balaban J connectivity index is 0.000000157. The first kappa shape index (κ1) is 47.7. The van der Waals surface area contributed by atoms with E-state index in [-0.39, 0.29) is 48.4 Å². The molecule has 0 aromatic carbocycles. The lowest BCUT2D eigenvalue weighted by atomic mass is 10.0. The number of esters is 2. The van der Waals surface area contributed by atoms with Gasteiger partial charge in [0.05, 0.1) is 57.2 Å². The molecule has 0 saturated carbocycles. The lowest BCUT2D eigenvalue weighted by Gasteiger charge is -2.45. The largest absolute Gasteiger partial charge is 0.475 e. The molecule has 0 spiro atoms. The molecule has 0 aliphatic carbocycles. The highest BCUT2D eigenvalue weighted by molar-refractivity contribution is 6.04. The van der Waals surface area contributed by atoms with Gasteiger partial charge in [-0.3, -0.25) is 10.2 Å². The van der Waals surface area contributed by atoms with E-state index in [0.29, 0.717) is 55.7 Å². The van der Waals surface area contributed by atoms with E-state index in [1.165, 1.54) is 26.8 Å². The number of rotatable bonds is 9. The molecule has 25 heteroatoms. The standard InChI is InChI=1S/C22H27N7O6.C11H14N4O2.C10H15N3O3/c1-22(2)34-12-14(35-22)11-33-16-6-7-23-20(25-16)27-21(31)29-13-5-4-8-28(10-13)15-9-24-17(19(30)32-3)26-18(15)29;1-17-11(16)10-12-5-8-9(14-10)13-7-3-2-4-15(8)6-7;1-10(2)15-6-7(16-10)5-14-8-3-4-12-9(11)13-8/h6-7,9,13-14H,4-5,8,10-12H2,1-3H3,(H,23,25,27,31);5,7H,2-4,6H2,1H3,(H,12,13,14);3-4,7H,5-6H2,1-2H3,(H2,11,12,13)/t13-,14+;2*7-/m001/s1. The maximum Gasteiger partial charge on any atom is 0.376 e. The second-order valence-electron chi connectivity index (χ2n) is 17.3. The molecule has 364 valence electrons. The lowest BCUT2D eigenvalue weighted by Crippen LogP contribution is -2.56. The second-order valence-corrected chi connectivity index (χ2v) is 17.3. The van der Waals surface area contributed by atoms with E-state index in [9.17, 15) is 14.4 Å². The van der Waals surface area contributed by atoms with Gasteiger partial charge in [-0.15, -0.1) is 0 Å². The van der Waals surface area contributed by atoms with E-state index in [1.807, 2.05) is 27.7 Å². The van der Waals surface area contributed by atoms with Crippen molar-refractivity contribution in [3.63, 3.8) is 0 Å². The van der Waals surface area contributed by atoms with Crippen molar-refractivity contribution in [2.75, 3.05) is 97.9 Å². The van der Waals surface area contributed by atoms with Crippen molar-refractivity contribution < 1.29 is 52.3 Å². The number of anilines is 6. The second kappa shape index (κ2) is 20.6. The number of nitrogen functional groups attached to an aromatic ring is 1. The van der Waals surface area contributed by atoms with Crippen LogP contribution in [0.5, 0.6) is 11.8 Å². The van der Waals surface area contributed by atoms with E-state index in [0.717, 1.165) is 50.4 Å². The van der Waals surface area contributed by atoms with Crippen LogP contribution in [0.25, 0.3) is 0 Å². The maximum absolute atomic E-state index is 13.4. The Morgan fingerprint density at radius 2 is 1.35 bits per heavy atom.